The molecule has 2 saturated heterocycles. The predicted octanol–water partition coefficient (Wildman–Crippen LogP) is 0.600. The minimum atomic E-state index is 0.202. The first-order valence-electron chi connectivity index (χ1n) is 6.93. The number of ether oxygens (including phenoxy) is 1. The molecule has 2 heterocycles. The third-order valence-corrected chi connectivity index (χ3v) is 4.18. The van der Waals surface area contributed by atoms with Gasteiger partial charge in [0.15, 0.2) is 0 Å². The van der Waals surface area contributed by atoms with E-state index in [1.807, 2.05) is 0 Å². The van der Waals surface area contributed by atoms with E-state index in [-0.39, 0.29) is 12.6 Å². The maximum Gasteiger partial charge on any atom is 0.0585 e. The van der Waals surface area contributed by atoms with Crippen molar-refractivity contribution in [1.82, 2.24) is 10.2 Å². The minimum Gasteiger partial charge on any atom is -0.395 e. The Morgan fingerprint density at radius 2 is 2.29 bits per heavy atom. The molecule has 0 aromatic heterocycles. The Morgan fingerprint density at radius 3 is 3.06 bits per heavy atom. The van der Waals surface area contributed by atoms with Gasteiger partial charge in [-0.1, -0.05) is 0 Å². The zero-order valence-electron chi connectivity index (χ0n) is 10.9. The molecule has 0 spiro atoms. The fraction of sp³-hybridized carbons (Fsp3) is 1.00. The van der Waals surface area contributed by atoms with Crippen molar-refractivity contribution < 1.29 is 9.84 Å². The Hall–Kier alpha value is -0.160. The number of aliphatic hydroxyl groups excluding tert-OH is 1. The van der Waals surface area contributed by atoms with E-state index in [0.29, 0.717) is 6.04 Å². The summed E-state index contributed by atoms with van der Waals surface area (Å²) in [4.78, 5) is 2.63. The molecule has 0 amide bonds. The standard InChI is InChI=1S/C13H26N2O2/c1-17-8-5-12(10-16)14-11-4-7-15-6-2-3-13(15)9-11/h11-14,16H,2-10H2,1H3. The smallest absolute Gasteiger partial charge is 0.0585 e. The SMILES string of the molecule is COCCC(CO)NC1CCN2CCCC2C1. The van der Waals surface area contributed by atoms with Crippen LogP contribution in [0.5, 0.6) is 0 Å². The quantitative estimate of drug-likeness (QED) is 0.716. The highest BCUT2D eigenvalue weighted by atomic mass is 16.5. The molecule has 100 valence electrons. The van der Waals surface area contributed by atoms with Crippen LogP contribution in [-0.4, -0.2) is 61.5 Å². The monoisotopic (exact) mass is 242 g/mol. The number of hydrogen-bond donors (Lipinski definition) is 2. The average molecular weight is 242 g/mol. The minimum absolute atomic E-state index is 0.202. The molecule has 4 heteroatoms. The molecule has 3 atom stereocenters. The summed E-state index contributed by atoms with van der Waals surface area (Å²) in [6.45, 7) is 3.46. The van der Waals surface area contributed by atoms with Gasteiger partial charge in [-0.25, -0.2) is 0 Å². The molecule has 2 aliphatic heterocycles. The van der Waals surface area contributed by atoms with Crippen LogP contribution in [0, 0.1) is 0 Å². The topological polar surface area (TPSA) is 44.7 Å². The summed E-state index contributed by atoms with van der Waals surface area (Å²) < 4.78 is 5.07. The van der Waals surface area contributed by atoms with Crippen molar-refractivity contribution in [1.29, 1.82) is 0 Å². The lowest BCUT2D eigenvalue weighted by Crippen LogP contribution is -2.49. The van der Waals surface area contributed by atoms with Gasteiger partial charge in [-0.05, 0) is 45.2 Å². The highest BCUT2D eigenvalue weighted by molar-refractivity contribution is 4.90. The third-order valence-electron chi connectivity index (χ3n) is 4.18. The number of nitrogens with zero attached hydrogens (tertiary/aromatic N) is 1. The molecule has 17 heavy (non-hydrogen) atoms. The van der Waals surface area contributed by atoms with Crippen molar-refractivity contribution >= 4 is 0 Å². The summed E-state index contributed by atoms with van der Waals surface area (Å²) in [6, 6.07) is 1.58. The van der Waals surface area contributed by atoms with E-state index < -0.39 is 0 Å². The first-order chi connectivity index (χ1) is 8.33. The molecular formula is C13H26N2O2. The van der Waals surface area contributed by atoms with Gasteiger partial charge in [-0.3, -0.25) is 0 Å². The van der Waals surface area contributed by atoms with E-state index in [0.717, 1.165) is 19.1 Å². The van der Waals surface area contributed by atoms with E-state index in [1.54, 1.807) is 7.11 Å². The van der Waals surface area contributed by atoms with Gasteiger partial charge < -0.3 is 20.1 Å². The molecule has 0 bridgehead atoms. The number of fused-ring (bicyclic) bond motifs is 1. The molecule has 4 nitrogen and oxygen atoms in total. The molecule has 3 unspecified atom stereocenters. The van der Waals surface area contributed by atoms with Crippen molar-refractivity contribution in [2.45, 2.75) is 50.2 Å². The first kappa shape index (κ1) is 13.3. The Labute approximate surface area is 104 Å². The molecule has 0 aromatic rings. The van der Waals surface area contributed by atoms with Crippen LogP contribution >= 0.6 is 0 Å². The van der Waals surface area contributed by atoms with Crippen LogP contribution in [0.2, 0.25) is 0 Å². The predicted molar refractivity (Wildman–Crippen MR) is 68.1 cm³/mol. The summed E-state index contributed by atoms with van der Waals surface area (Å²) in [5, 5.41) is 12.9. The van der Waals surface area contributed by atoms with Crippen LogP contribution in [0.25, 0.3) is 0 Å². The van der Waals surface area contributed by atoms with E-state index in [9.17, 15) is 5.11 Å². The number of hydrogen-bond acceptors (Lipinski definition) is 4. The number of piperidine rings is 1. The van der Waals surface area contributed by atoms with Gasteiger partial charge >= 0.3 is 0 Å². The van der Waals surface area contributed by atoms with Crippen LogP contribution in [0.15, 0.2) is 0 Å². The van der Waals surface area contributed by atoms with Crippen molar-refractivity contribution in [3.05, 3.63) is 0 Å². The highest BCUT2D eigenvalue weighted by Gasteiger charge is 2.32. The van der Waals surface area contributed by atoms with Crippen molar-refractivity contribution in [3.63, 3.8) is 0 Å². The molecule has 2 aliphatic rings. The Kier molecular flexibility index (Phi) is 5.22. The lowest BCUT2D eigenvalue weighted by Gasteiger charge is -2.36. The van der Waals surface area contributed by atoms with E-state index in [2.05, 4.69) is 10.2 Å². The van der Waals surface area contributed by atoms with Gasteiger partial charge in [0.25, 0.3) is 0 Å². The summed E-state index contributed by atoms with van der Waals surface area (Å²) in [5.74, 6) is 0. The average Bonchev–Trinajstić information content (AvgIpc) is 2.81. The van der Waals surface area contributed by atoms with Gasteiger partial charge in [-0.2, -0.15) is 0 Å². The lowest BCUT2D eigenvalue weighted by molar-refractivity contribution is 0.128. The van der Waals surface area contributed by atoms with Gasteiger partial charge in [0.05, 0.1) is 6.61 Å². The van der Waals surface area contributed by atoms with Crippen molar-refractivity contribution in [2.75, 3.05) is 33.4 Å². The molecule has 2 N–H and O–H groups in total. The molecule has 2 fully saturated rings. The summed E-state index contributed by atoms with van der Waals surface area (Å²) in [6.07, 6.45) is 6.10. The zero-order chi connectivity index (χ0) is 12.1. The van der Waals surface area contributed by atoms with Crippen LogP contribution in [0.1, 0.15) is 32.1 Å². The third kappa shape index (κ3) is 3.65. The second-order valence-electron chi connectivity index (χ2n) is 5.38. The van der Waals surface area contributed by atoms with E-state index in [1.165, 1.54) is 38.8 Å². The largest absolute Gasteiger partial charge is 0.395 e. The fourth-order valence-corrected chi connectivity index (χ4v) is 3.20. The van der Waals surface area contributed by atoms with Crippen LogP contribution < -0.4 is 5.32 Å². The molecule has 0 aromatic carbocycles. The van der Waals surface area contributed by atoms with Gasteiger partial charge in [0, 0.05) is 31.8 Å². The van der Waals surface area contributed by atoms with Crippen molar-refractivity contribution in [2.24, 2.45) is 0 Å². The zero-order valence-corrected chi connectivity index (χ0v) is 10.9. The maximum absolute atomic E-state index is 9.34. The van der Waals surface area contributed by atoms with Crippen LogP contribution in [0.4, 0.5) is 0 Å². The van der Waals surface area contributed by atoms with Crippen LogP contribution in [0.3, 0.4) is 0 Å². The summed E-state index contributed by atoms with van der Waals surface area (Å²) >= 11 is 0. The normalized spacial score (nSPS) is 31.4. The number of rotatable bonds is 6. The molecule has 0 saturated carbocycles. The number of aliphatic hydroxyl groups is 1. The van der Waals surface area contributed by atoms with Gasteiger partial charge in [0.2, 0.25) is 0 Å². The Bertz CT molecular complexity index is 225. The van der Waals surface area contributed by atoms with E-state index in [4.69, 9.17) is 4.74 Å². The second-order valence-corrected chi connectivity index (χ2v) is 5.38. The lowest BCUT2D eigenvalue weighted by atomic mass is 9.96. The highest BCUT2D eigenvalue weighted by Crippen LogP contribution is 2.27. The fourth-order valence-electron chi connectivity index (χ4n) is 3.20. The first-order valence-corrected chi connectivity index (χ1v) is 6.93. The second kappa shape index (κ2) is 6.69. The number of nitrogens with one attached hydrogen (secondary N) is 1. The van der Waals surface area contributed by atoms with Gasteiger partial charge in [0.1, 0.15) is 0 Å². The Balaban J connectivity index is 1.74. The number of methoxy groups -OCH3 is 1. The molecular weight excluding hydrogens is 216 g/mol. The molecule has 0 radical (unpaired) electrons. The summed E-state index contributed by atoms with van der Waals surface area (Å²) in [5.41, 5.74) is 0. The van der Waals surface area contributed by atoms with E-state index >= 15 is 0 Å². The van der Waals surface area contributed by atoms with Gasteiger partial charge in [-0.15, -0.1) is 0 Å². The molecule has 0 aliphatic carbocycles. The maximum atomic E-state index is 9.34. The van der Waals surface area contributed by atoms with Crippen molar-refractivity contribution in [3.8, 4) is 0 Å². The molecule has 2 rings (SSSR count). The Morgan fingerprint density at radius 1 is 1.41 bits per heavy atom. The summed E-state index contributed by atoms with van der Waals surface area (Å²) in [7, 11) is 1.71. The van der Waals surface area contributed by atoms with Crippen LogP contribution in [-0.2, 0) is 4.74 Å².